The largest absolute Gasteiger partial charge is 0.454 e. The highest BCUT2D eigenvalue weighted by atomic mass is 16.3. The third-order valence-electron chi connectivity index (χ3n) is 14.9. The Labute approximate surface area is 366 Å². The van der Waals surface area contributed by atoms with E-state index in [0.717, 1.165) is 27.6 Å². The van der Waals surface area contributed by atoms with Crippen LogP contribution < -0.4 is 15.8 Å². The topological polar surface area (TPSA) is 21.3 Å². The van der Waals surface area contributed by atoms with Gasteiger partial charge in [0.25, 0.3) is 0 Å². The Morgan fingerprint density at radius 1 is 0.556 bits per heavy atom. The summed E-state index contributed by atoms with van der Waals surface area (Å²) in [5.74, 6) is 0. The van der Waals surface area contributed by atoms with Crippen molar-refractivity contribution in [2.45, 2.75) is 45.4 Å². The first kappa shape index (κ1) is 35.3. The molecular weight excluding hydrogens is 763 g/mol. The highest BCUT2D eigenvalue weighted by Gasteiger charge is 2.49. The molecule has 2 aliphatic heterocycles. The van der Waals surface area contributed by atoms with Crippen LogP contribution in [0, 0.1) is 0 Å². The lowest BCUT2D eigenvalue weighted by molar-refractivity contribution is 0.591. The molecule has 0 atom stereocenters. The minimum atomic E-state index is -0.239. The Morgan fingerprint density at radius 3 is 2.17 bits per heavy atom. The summed E-state index contributed by atoms with van der Waals surface area (Å²) < 4.78 is 9.73. The Bertz CT molecular complexity index is 3820. The van der Waals surface area contributed by atoms with E-state index in [0.29, 0.717) is 0 Å². The standard InChI is InChI=1S/C59H43BN2O/c1-58(2,3)37-31-43-42-33-46-53(41-21-11-13-23-45(41)59(46,4)5)56-54(42)60(62-48-29-27-35-18-9-10-19-38(35)52(48)44(32-37)55(43)62)47-28-26-36(34-16-7-6-8-17-34)30-50(47)61(56)49-24-15-22-40-39-20-12-14-25-51(39)63-57(40)49/h6-33H,1-5H3. The number of hydrogen-bond acceptors (Lipinski definition) is 2. The van der Waals surface area contributed by atoms with Crippen molar-refractivity contribution in [3.63, 3.8) is 0 Å². The van der Waals surface area contributed by atoms with E-state index in [1.54, 1.807) is 0 Å². The Kier molecular flexibility index (Phi) is 6.72. The second kappa shape index (κ2) is 12.0. The van der Waals surface area contributed by atoms with Crippen LogP contribution in [0.25, 0.3) is 87.9 Å². The third-order valence-corrected chi connectivity index (χ3v) is 14.9. The molecular formula is C59H43BN2O. The number of fused-ring (bicyclic) bond motifs is 16. The second-order valence-corrected chi connectivity index (χ2v) is 19.6. The molecule has 4 heteroatoms. The fourth-order valence-corrected chi connectivity index (χ4v) is 11.9. The number of benzene rings is 9. The molecule has 14 rings (SSSR count). The molecule has 0 unspecified atom stereocenters. The van der Waals surface area contributed by atoms with Gasteiger partial charge >= 0.3 is 6.85 Å². The average Bonchev–Trinajstić information content (AvgIpc) is 3.93. The van der Waals surface area contributed by atoms with Crippen molar-refractivity contribution in [2.24, 2.45) is 0 Å². The molecule has 63 heavy (non-hydrogen) atoms. The van der Waals surface area contributed by atoms with Crippen LogP contribution in [0.5, 0.6) is 0 Å². The van der Waals surface area contributed by atoms with E-state index in [9.17, 15) is 0 Å². The maximum absolute atomic E-state index is 7.00. The van der Waals surface area contributed by atoms with Gasteiger partial charge in [0, 0.05) is 54.8 Å². The van der Waals surface area contributed by atoms with E-state index in [2.05, 4.69) is 214 Å². The van der Waals surface area contributed by atoms with Crippen molar-refractivity contribution >= 4 is 89.4 Å². The summed E-state index contributed by atoms with van der Waals surface area (Å²) in [7, 11) is 0. The minimum Gasteiger partial charge on any atom is -0.454 e. The minimum absolute atomic E-state index is 0.0732. The quantitative estimate of drug-likeness (QED) is 0.162. The van der Waals surface area contributed by atoms with Gasteiger partial charge in [0.15, 0.2) is 5.58 Å². The lowest BCUT2D eigenvalue weighted by Crippen LogP contribution is -2.57. The zero-order valence-electron chi connectivity index (χ0n) is 36.0. The number of furan rings is 1. The van der Waals surface area contributed by atoms with Crippen LogP contribution in [0.2, 0.25) is 0 Å². The molecule has 298 valence electrons. The number of anilines is 3. The molecule has 2 aromatic heterocycles. The van der Waals surface area contributed by atoms with Gasteiger partial charge in [-0.1, -0.05) is 162 Å². The van der Waals surface area contributed by atoms with Gasteiger partial charge < -0.3 is 13.8 Å². The molecule has 11 aromatic rings. The van der Waals surface area contributed by atoms with Crippen LogP contribution in [0.15, 0.2) is 174 Å². The fraction of sp³-hybridized carbons (Fsp3) is 0.119. The monoisotopic (exact) mass is 806 g/mol. The summed E-state index contributed by atoms with van der Waals surface area (Å²) in [6.07, 6.45) is 0. The average molecular weight is 807 g/mol. The van der Waals surface area contributed by atoms with Crippen molar-refractivity contribution in [1.82, 2.24) is 4.48 Å². The number of nitrogens with zero attached hydrogens (tertiary/aromatic N) is 2. The van der Waals surface area contributed by atoms with Gasteiger partial charge in [0.2, 0.25) is 0 Å². The van der Waals surface area contributed by atoms with Gasteiger partial charge in [-0.05, 0) is 109 Å². The first-order valence-electron chi connectivity index (χ1n) is 22.4. The fourth-order valence-electron chi connectivity index (χ4n) is 11.9. The van der Waals surface area contributed by atoms with Crippen molar-refractivity contribution in [1.29, 1.82) is 0 Å². The molecule has 0 saturated heterocycles. The molecule has 0 amide bonds. The third kappa shape index (κ3) is 4.50. The summed E-state index contributed by atoms with van der Waals surface area (Å²) in [4.78, 5) is 2.61. The van der Waals surface area contributed by atoms with Crippen molar-refractivity contribution < 1.29 is 4.42 Å². The highest BCUT2D eigenvalue weighted by Crippen LogP contribution is 2.58. The van der Waals surface area contributed by atoms with Gasteiger partial charge in [-0.3, -0.25) is 0 Å². The SMILES string of the molecule is CC(C)(C)c1cc2c3c(c1)c1c4ccccc4ccc1n3B1c3ccc(-c4ccccc4)cc3N(c3cccc4c3oc3ccccc34)c3c1c-2cc1c3-c2ccccc2C1(C)C. The highest BCUT2D eigenvalue weighted by molar-refractivity contribution is 6.90. The summed E-state index contributed by atoms with van der Waals surface area (Å²) in [6, 6.07) is 63.8. The Balaban J connectivity index is 1.22. The number of para-hydroxylation sites is 2. The molecule has 4 heterocycles. The van der Waals surface area contributed by atoms with Gasteiger partial charge in [-0.2, -0.15) is 0 Å². The molecule has 3 aliphatic rings. The molecule has 0 bridgehead atoms. The number of aromatic nitrogens is 1. The lowest BCUT2D eigenvalue weighted by atomic mass is 9.44. The lowest BCUT2D eigenvalue weighted by Gasteiger charge is -2.42. The van der Waals surface area contributed by atoms with Crippen molar-refractivity contribution in [3.05, 3.63) is 187 Å². The van der Waals surface area contributed by atoms with Crippen LogP contribution in [0.4, 0.5) is 17.1 Å². The van der Waals surface area contributed by atoms with Gasteiger partial charge in [-0.15, -0.1) is 0 Å². The smallest absolute Gasteiger partial charge is 0.333 e. The normalized spacial score (nSPS) is 14.5. The molecule has 3 nitrogen and oxygen atoms in total. The summed E-state index contributed by atoms with van der Waals surface area (Å²) in [5, 5.41) is 7.48. The van der Waals surface area contributed by atoms with Gasteiger partial charge in [0.1, 0.15) is 5.58 Å². The van der Waals surface area contributed by atoms with Gasteiger partial charge in [0.05, 0.1) is 11.4 Å². The summed E-state index contributed by atoms with van der Waals surface area (Å²) in [5.41, 5.74) is 21.9. The van der Waals surface area contributed by atoms with E-state index >= 15 is 0 Å². The number of rotatable bonds is 2. The van der Waals surface area contributed by atoms with E-state index in [1.165, 1.54) is 105 Å². The second-order valence-electron chi connectivity index (χ2n) is 19.6. The Hall–Kier alpha value is -7.30. The predicted octanol–water partition coefficient (Wildman–Crippen LogP) is 14.5. The first-order valence-corrected chi connectivity index (χ1v) is 22.4. The molecule has 0 spiro atoms. The zero-order chi connectivity index (χ0) is 42.1. The Morgan fingerprint density at radius 2 is 1.32 bits per heavy atom. The first-order chi connectivity index (χ1) is 30.7. The van der Waals surface area contributed by atoms with E-state index < -0.39 is 0 Å². The van der Waals surface area contributed by atoms with Crippen molar-refractivity contribution in [2.75, 3.05) is 4.90 Å². The maximum atomic E-state index is 7.00. The molecule has 9 aromatic carbocycles. The van der Waals surface area contributed by atoms with Crippen LogP contribution in [0.1, 0.15) is 51.3 Å². The van der Waals surface area contributed by atoms with E-state index in [1.807, 2.05) is 0 Å². The summed E-state index contributed by atoms with van der Waals surface area (Å²) in [6.45, 7) is 11.8. The van der Waals surface area contributed by atoms with Crippen LogP contribution in [-0.4, -0.2) is 11.3 Å². The molecule has 0 N–H and O–H groups in total. The van der Waals surface area contributed by atoms with Crippen LogP contribution >= 0.6 is 0 Å². The maximum Gasteiger partial charge on any atom is 0.333 e. The summed E-state index contributed by atoms with van der Waals surface area (Å²) >= 11 is 0. The van der Waals surface area contributed by atoms with Crippen LogP contribution in [0.3, 0.4) is 0 Å². The zero-order valence-corrected chi connectivity index (χ0v) is 36.0. The molecule has 0 radical (unpaired) electrons. The molecule has 0 fully saturated rings. The van der Waals surface area contributed by atoms with Crippen molar-refractivity contribution in [3.8, 4) is 33.4 Å². The van der Waals surface area contributed by atoms with Gasteiger partial charge in [-0.25, -0.2) is 0 Å². The molecule has 0 saturated carbocycles. The van der Waals surface area contributed by atoms with Crippen LogP contribution in [-0.2, 0) is 10.8 Å². The number of hydrogen-bond donors (Lipinski definition) is 0. The van der Waals surface area contributed by atoms with E-state index in [4.69, 9.17) is 4.42 Å². The predicted molar refractivity (Wildman–Crippen MR) is 266 cm³/mol. The van der Waals surface area contributed by atoms with E-state index in [-0.39, 0.29) is 17.7 Å². The molecule has 1 aliphatic carbocycles.